The minimum Gasteiger partial charge on any atom is -0.391 e. The molecule has 0 bridgehead atoms. The zero-order chi connectivity index (χ0) is 8.27. The van der Waals surface area contributed by atoms with Crippen LogP contribution in [0.25, 0.3) is 0 Å². The number of hydrogen-bond acceptors (Lipinski definition) is 3. The van der Waals surface area contributed by atoms with Crippen molar-refractivity contribution < 1.29 is 14.9 Å². The standard InChI is InChI=1S/C8H16O3/c1-6(9)8(10)7-2-4-11-5-3-7/h6-10H,2-5H2,1H3. The van der Waals surface area contributed by atoms with Crippen molar-refractivity contribution in [1.29, 1.82) is 0 Å². The van der Waals surface area contributed by atoms with Crippen molar-refractivity contribution in [2.24, 2.45) is 5.92 Å². The van der Waals surface area contributed by atoms with E-state index in [4.69, 9.17) is 9.84 Å². The fourth-order valence-corrected chi connectivity index (χ4v) is 1.45. The van der Waals surface area contributed by atoms with Crippen LogP contribution in [0.1, 0.15) is 19.8 Å². The highest BCUT2D eigenvalue weighted by Gasteiger charge is 2.25. The minimum atomic E-state index is -0.613. The summed E-state index contributed by atoms with van der Waals surface area (Å²) in [6.07, 6.45) is 0.551. The van der Waals surface area contributed by atoms with Crippen molar-refractivity contribution in [1.82, 2.24) is 0 Å². The van der Waals surface area contributed by atoms with Gasteiger partial charge in [0.05, 0.1) is 12.2 Å². The Balaban J connectivity index is 2.32. The number of hydrogen-bond donors (Lipinski definition) is 2. The first-order chi connectivity index (χ1) is 5.22. The van der Waals surface area contributed by atoms with E-state index in [1.165, 1.54) is 0 Å². The smallest absolute Gasteiger partial charge is 0.0826 e. The van der Waals surface area contributed by atoms with Crippen LogP contribution in [0, 0.1) is 5.92 Å². The quantitative estimate of drug-likeness (QED) is 0.604. The molecular weight excluding hydrogens is 144 g/mol. The van der Waals surface area contributed by atoms with Crippen molar-refractivity contribution in [3.8, 4) is 0 Å². The van der Waals surface area contributed by atoms with Gasteiger partial charge < -0.3 is 14.9 Å². The topological polar surface area (TPSA) is 49.7 Å². The first-order valence-corrected chi connectivity index (χ1v) is 4.15. The van der Waals surface area contributed by atoms with Crippen molar-refractivity contribution >= 4 is 0 Å². The van der Waals surface area contributed by atoms with Crippen LogP contribution < -0.4 is 0 Å². The summed E-state index contributed by atoms with van der Waals surface area (Å²) in [5, 5.41) is 18.5. The maximum absolute atomic E-state index is 9.45. The molecule has 1 saturated heterocycles. The number of rotatable bonds is 2. The molecule has 1 aliphatic heterocycles. The molecule has 11 heavy (non-hydrogen) atoms. The third-order valence-corrected chi connectivity index (χ3v) is 2.24. The first-order valence-electron chi connectivity index (χ1n) is 4.15. The molecule has 2 unspecified atom stereocenters. The molecule has 0 saturated carbocycles. The highest BCUT2D eigenvalue weighted by atomic mass is 16.5. The van der Waals surface area contributed by atoms with Gasteiger partial charge in [-0.1, -0.05) is 0 Å². The Kier molecular flexibility index (Phi) is 3.30. The van der Waals surface area contributed by atoms with E-state index >= 15 is 0 Å². The number of aliphatic hydroxyl groups excluding tert-OH is 2. The molecule has 0 spiro atoms. The molecule has 3 heteroatoms. The van der Waals surface area contributed by atoms with E-state index in [2.05, 4.69) is 0 Å². The van der Waals surface area contributed by atoms with E-state index in [9.17, 15) is 5.11 Å². The maximum Gasteiger partial charge on any atom is 0.0826 e. The van der Waals surface area contributed by atoms with Gasteiger partial charge in [-0.25, -0.2) is 0 Å². The number of aliphatic hydroxyl groups is 2. The molecule has 0 aromatic rings. The summed E-state index contributed by atoms with van der Waals surface area (Å²) in [4.78, 5) is 0. The predicted molar refractivity (Wildman–Crippen MR) is 41.2 cm³/mol. The second-order valence-corrected chi connectivity index (χ2v) is 3.18. The molecule has 1 heterocycles. The molecule has 2 N–H and O–H groups in total. The van der Waals surface area contributed by atoms with Gasteiger partial charge in [0.2, 0.25) is 0 Å². The van der Waals surface area contributed by atoms with Gasteiger partial charge in [-0.15, -0.1) is 0 Å². The van der Waals surface area contributed by atoms with Crippen LogP contribution in [0.2, 0.25) is 0 Å². The lowest BCUT2D eigenvalue weighted by atomic mass is 9.91. The molecule has 1 aliphatic rings. The third-order valence-electron chi connectivity index (χ3n) is 2.24. The maximum atomic E-state index is 9.45. The van der Waals surface area contributed by atoms with Crippen LogP contribution in [0.15, 0.2) is 0 Å². The zero-order valence-electron chi connectivity index (χ0n) is 6.86. The van der Waals surface area contributed by atoms with Gasteiger partial charge in [0.25, 0.3) is 0 Å². The van der Waals surface area contributed by atoms with Gasteiger partial charge in [-0.05, 0) is 25.7 Å². The molecule has 3 nitrogen and oxygen atoms in total. The second kappa shape index (κ2) is 4.04. The van der Waals surface area contributed by atoms with Gasteiger partial charge in [-0.3, -0.25) is 0 Å². The average Bonchev–Trinajstić information content (AvgIpc) is 2.05. The van der Waals surface area contributed by atoms with Gasteiger partial charge in [0.1, 0.15) is 0 Å². The summed E-state index contributed by atoms with van der Waals surface area (Å²) < 4.78 is 5.14. The predicted octanol–water partition coefficient (Wildman–Crippen LogP) is 0.155. The molecule has 0 aromatic heterocycles. The van der Waals surface area contributed by atoms with Crippen LogP contribution >= 0.6 is 0 Å². The molecule has 0 aromatic carbocycles. The summed E-state index contributed by atoms with van der Waals surface area (Å²) in [6, 6.07) is 0. The van der Waals surface area contributed by atoms with Crippen molar-refractivity contribution in [3.05, 3.63) is 0 Å². The minimum absolute atomic E-state index is 0.226. The number of ether oxygens (including phenoxy) is 1. The zero-order valence-corrected chi connectivity index (χ0v) is 6.86. The summed E-state index contributed by atoms with van der Waals surface area (Å²) in [5.41, 5.74) is 0. The molecule has 0 amide bonds. The van der Waals surface area contributed by atoms with E-state index in [0.717, 1.165) is 12.8 Å². The van der Waals surface area contributed by atoms with Crippen LogP contribution in [0.5, 0.6) is 0 Å². The third kappa shape index (κ3) is 2.43. The Morgan fingerprint density at radius 3 is 2.27 bits per heavy atom. The van der Waals surface area contributed by atoms with Crippen LogP contribution in [0.3, 0.4) is 0 Å². The fourth-order valence-electron chi connectivity index (χ4n) is 1.45. The molecule has 2 atom stereocenters. The van der Waals surface area contributed by atoms with Crippen molar-refractivity contribution in [3.63, 3.8) is 0 Å². The SMILES string of the molecule is CC(O)C(O)C1CCOCC1. The summed E-state index contributed by atoms with van der Waals surface area (Å²) in [7, 11) is 0. The Labute approximate surface area is 67.0 Å². The normalized spacial score (nSPS) is 26.5. The highest BCUT2D eigenvalue weighted by Crippen LogP contribution is 2.20. The van der Waals surface area contributed by atoms with Crippen LogP contribution in [-0.2, 0) is 4.74 Å². The van der Waals surface area contributed by atoms with Crippen LogP contribution in [0.4, 0.5) is 0 Å². The Morgan fingerprint density at radius 1 is 1.27 bits per heavy atom. The first kappa shape index (κ1) is 8.97. The van der Waals surface area contributed by atoms with Gasteiger partial charge >= 0.3 is 0 Å². The molecule has 0 radical (unpaired) electrons. The Morgan fingerprint density at radius 2 is 1.82 bits per heavy atom. The summed E-state index contributed by atoms with van der Waals surface area (Å²) in [6.45, 7) is 3.06. The van der Waals surface area contributed by atoms with Gasteiger partial charge in [0, 0.05) is 13.2 Å². The lowest BCUT2D eigenvalue weighted by molar-refractivity contribution is -0.0462. The molecule has 1 rings (SSSR count). The van der Waals surface area contributed by atoms with E-state index in [1.54, 1.807) is 6.92 Å². The van der Waals surface area contributed by atoms with Crippen LogP contribution in [-0.4, -0.2) is 35.6 Å². The van der Waals surface area contributed by atoms with E-state index in [1.807, 2.05) is 0 Å². The molecule has 0 aliphatic carbocycles. The van der Waals surface area contributed by atoms with Gasteiger partial charge in [-0.2, -0.15) is 0 Å². The summed E-state index contributed by atoms with van der Waals surface area (Å²) >= 11 is 0. The average molecular weight is 160 g/mol. The Bertz CT molecular complexity index is 108. The highest BCUT2D eigenvalue weighted by molar-refractivity contribution is 4.75. The largest absolute Gasteiger partial charge is 0.391 e. The van der Waals surface area contributed by atoms with Gasteiger partial charge in [0.15, 0.2) is 0 Å². The van der Waals surface area contributed by atoms with E-state index in [0.29, 0.717) is 13.2 Å². The lowest BCUT2D eigenvalue weighted by Gasteiger charge is -2.28. The fraction of sp³-hybridized carbons (Fsp3) is 1.00. The lowest BCUT2D eigenvalue weighted by Crippen LogP contribution is -2.34. The molecule has 1 fully saturated rings. The summed E-state index contributed by atoms with van der Waals surface area (Å²) in [5.74, 6) is 0.226. The van der Waals surface area contributed by atoms with Crippen molar-refractivity contribution in [2.75, 3.05) is 13.2 Å². The monoisotopic (exact) mass is 160 g/mol. The molecule has 66 valence electrons. The molecular formula is C8H16O3. The van der Waals surface area contributed by atoms with E-state index in [-0.39, 0.29) is 5.92 Å². The van der Waals surface area contributed by atoms with E-state index < -0.39 is 12.2 Å². The second-order valence-electron chi connectivity index (χ2n) is 3.18. The van der Waals surface area contributed by atoms with Crippen molar-refractivity contribution in [2.45, 2.75) is 32.0 Å². The Hall–Kier alpha value is -0.120.